The van der Waals surface area contributed by atoms with E-state index in [9.17, 15) is 9.59 Å². The highest BCUT2D eigenvalue weighted by molar-refractivity contribution is 5.94. The van der Waals surface area contributed by atoms with Crippen LogP contribution < -0.4 is 0 Å². The normalized spacial score (nSPS) is 12.5. The molecule has 126 valence electrons. The van der Waals surface area contributed by atoms with Gasteiger partial charge in [0.25, 0.3) is 0 Å². The van der Waals surface area contributed by atoms with E-state index in [0.717, 1.165) is 22.4 Å². The molecular weight excluding hydrogens is 302 g/mol. The van der Waals surface area contributed by atoms with E-state index < -0.39 is 17.5 Å². The Morgan fingerprint density at radius 1 is 1.21 bits per heavy atom. The average molecular weight is 325 g/mol. The minimum absolute atomic E-state index is 0.530. The maximum absolute atomic E-state index is 12.3. The fourth-order valence-corrected chi connectivity index (χ4v) is 2.49. The zero-order chi connectivity index (χ0) is 17.9. The summed E-state index contributed by atoms with van der Waals surface area (Å²) in [6, 6.07) is 9.38. The van der Waals surface area contributed by atoms with Crippen molar-refractivity contribution < 1.29 is 14.3 Å². The van der Waals surface area contributed by atoms with Crippen LogP contribution in [0, 0.1) is 13.8 Å². The zero-order valence-corrected chi connectivity index (χ0v) is 14.8. The quantitative estimate of drug-likeness (QED) is 0.484. The van der Waals surface area contributed by atoms with Gasteiger partial charge in [0, 0.05) is 11.9 Å². The van der Waals surface area contributed by atoms with Crippen LogP contribution in [0.2, 0.25) is 0 Å². The van der Waals surface area contributed by atoms with Crippen molar-refractivity contribution in [1.29, 1.82) is 0 Å². The molecule has 0 amide bonds. The summed E-state index contributed by atoms with van der Waals surface area (Å²) in [6.45, 7) is 9.32. The first-order chi connectivity index (χ1) is 11.2. The molecule has 0 saturated carbocycles. The number of carbonyl (C=O) groups is 2. The highest BCUT2D eigenvalue weighted by Crippen LogP contribution is 2.28. The molecule has 1 aromatic heterocycles. The van der Waals surface area contributed by atoms with Crippen molar-refractivity contribution in [1.82, 2.24) is 4.98 Å². The molecule has 0 fully saturated rings. The van der Waals surface area contributed by atoms with Gasteiger partial charge in [-0.1, -0.05) is 18.2 Å². The number of esters is 1. The van der Waals surface area contributed by atoms with E-state index >= 15 is 0 Å². The van der Waals surface area contributed by atoms with E-state index in [1.54, 1.807) is 33.0 Å². The number of aldehydes is 1. The summed E-state index contributed by atoms with van der Waals surface area (Å²) in [4.78, 5) is 28.1. The monoisotopic (exact) mass is 325 g/mol. The first-order valence-electron chi connectivity index (χ1n) is 7.93. The predicted octanol–water partition coefficient (Wildman–Crippen LogP) is 3.99. The van der Waals surface area contributed by atoms with Gasteiger partial charge in [-0.15, -0.1) is 0 Å². The van der Waals surface area contributed by atoms with Crippen LogP contribution in [0.4, 0.5) is 0 Å². The third-order valence-corrected chi connectivity index (χ3v) is 3.81. The average Bonchev–Trinajstić information content (AvgIpc) is 2.49. The van der Waals surface area contributed by atoms with Gasteiger partial charge in [-0.3, -0.25) is 9.78 Å². The molecule has 24 heavy (non-hydrogen) atoms. The molecule has 0 aliphatic heterocycles. The number of carbonyl (C=O) groups excluding carboxylic acids is 2. The van der Waals surface area contributed by atoms with Gasteiger partial charge in [-0.25, -0.2) is 0 Å². The van der Waals surface area contributed by atoms with Crippen molar-refractivity contribution in [3.05, 3.63) is 53.3 Å². The highest BCUT2D eigenvalue weighted by Gasteiger charge is 2.26. The Morgan fingerprint density at radius 2 is 1.92 bits per heavy atom. The number of aryl methyl sites for hydroxylation is 1. The summed E-state index contributed by atoms with van der Waals surface area (Å²) < 4.78 is 5.35. The number of benzene rings is 1. The topological polar surface area (TPSA) is 56.3 Å². The molecule has 1 heterocycles. The van der Waals surface area contributed by atoms with Crippen LogP contribution in [0.15, 0.2) is 36.5 Å². The van der Waals surface area contributed by atoms with Crippen molar-refractivity contribution in [2.45, 2.75) is 46.1 Å². The summed E-state index contributed by atoms with van der Waals surface area (Å²) in [7, 11) is 0. The van der Waals surface area contributed by atoms with Crippen LogP contribution in [0.25, 0.3) is 11.1 Å². The molecule has 0 aliphatic carbocycles. The lowest BCUT2D eigenvalue weighted by Gasteiger charge is -2.22. The van der Waals surface area contributed by atoms with Gasteiger partial charge in [0.15, 0.2) is 0 Å². The van der Waals surface area contributed by atoms with Gasteiger partial charge in [0.1, 0.15) is 17.8 Å². The molecule has 0 radical (unpaired) electrons. The van der Waals surface area contributed by atoms with Crippen molar-refractivity contribution >= 4 is 12.3 Å². The number of pyridine rings is 1. The van der Waals surface area contributed by atoms with E-state index in [-0.39, 0.29) is 0 Å². The lowest BCUT2D eigenvalue weighted by atomic mass is 9.94. The summed E-state index contributed by atoms with van der Waals surface area (Å²) in [5, 5.41) is 0. The van der Waals surface area contributed by atoms with Gasteiger partial charge >= 0.3 is 5.97 Å². The standard InChI is InChI=1S/C20H23NO3/c1-13-14(2)21-10-9-17(13)15-7-6-8-16(11-15)18(12-22)19(23)24-20(3,4)5/h6-12,18H,1-5H3. The Bertz CT molecular complexity index is 760. The van der Waals surface area contributed by atoms with Gasteiger partial charge in [-0.05, 0) is 69.0 Å². The third-order valence-electron chi connectivity index (χ3n) is 3.81. The molecule has 0 N–H and O–H groups in total. The van der Waals surface area contributed by atoms with Crippen LogP contribution >= 0.6 is 0 Å². The molecule has 2 aromatic rings. The van der Waals surface area contributed by atoms with E-state index in [1.807, 2.05) is 38.1 Å². The maximum Gasteiger partial charge on any atom is 0.321 e. The molecule has 2 rings (SSSR count). The van der Waals surface area contributed by atoms with Crippen LogP contribution in [0.5, 0.6) is 0 Å². The molecule has 4 heteroatoms. The van der Waals surface area contributed by atoms with Crippen molar-refractivity contribution in [3.63, 3.8) is 0 Å². The van der Waals surface area contributed by atoms with E-state index in [4.69, 9.17) is 4.74 Å². The summed E-state index contributed by atoms with van der Waals surface area (Å²) in [5.74, 6) is -1.45. The van der Waals surface area contributed by atoms with Crippen molar-refractivity contribution in [2.24, 2.45) is 0 Å². The number of nitrogens with zero attached hydrogens (tertiary/aromatic N) is 1. The second-order valence-electron chi connectivity index (χ2n) is 6.84. The maximum atomic E-state index is 12.3. The number of hydrogen-bond donors (Lipinski definition) is 0. The first-order valence-corrected chi connectivity index (χ1v) is 7.93. The van der Waals surface area contributed by atoms with Crippen molar-refractivity contribution in [2.75, 3.05) is 0 Å². The smallest absolute Gasteiger partial charge is 0.321 e. The van der Waals surface area contributed by atoms with Crippen molar-refractivity contribution in [3.8, 4) is 11.1 Å². The van der Waals surface area contributed by atoms with Gasteiger partial charge < -0.3 is 9.53 Å². The minimum atomic E-state index is -0.924. The minimum Gasteiger partial charge on any atom is -0.459 e. The molecule has 1 unspecified atom stereocenters. The lowest BCUT2D eigenvalue weighted by Crippen LogP contribution is -2.28. The fraction of sp³-hybridized carbons (Fsp3) is 0.350. The Balaban J connectivity index is 2.40. The Hall–Kier alpha value is -2.49. The number of hydrogen-bond acceptors (Lipinski definition) is 4. The molecule has 0 aliphatic rings. The second-order valence-corrected chi connectivity index (χ2v) is 6.84. The molecule has 1 atom stereocenters. The summed E-state index contributed by atoms with van der Waals surface area (Å²) >= 11 is 0. The van der Waals surface area contributed by atoms with Gasteiger partial charge in [0.2, 0.25) is 0 Å². The molecular formula is C20H23NO3. The first kappa shape index (κ1) is 17.9. The summed E-state index contributed by atoms with van der Waals surface area (Å²) in [5.41, 5.74) is 4.02. The number of aromatic nitrogens is 1. The molecule has 0 bridgehead atoms. The predicted molar refractivity (Wildman–Crippen MR) is 93.8 cm³/mol. The van der Waals surface area contributed by atoms with E-state index in [2.05, 4.69) is 4.98 Å². The largest absolute Gasteiger partial charge is 0.459 e. The zero-order valence-electron chi connectivity index (χ0n) is 14.8. The Morgan fingerprint density at radius 3 is 2.54 bits per heavy atom. The Kier molecular flexibility index (Phi) is 5.17. The van der Waals surface area contributed by atoms with Crippen LogP contribution in [0.1, 0.15) is 43.5 Å². The third kappa shape index (κ3) is 4.07. The fourth-order valence-electron chi connectivity index (χ4n) is 2.49. The van der Waals surface area contributed by atoms with Gasteiger partial charge in [0.05, 0.1) is 0 Å². The summed E-state index contributed by atoms with van der Waals surface area (Å²) in [6.07, 6.45) is 2.40. The lowest BCUT2D eigenvalue weighted by molar-refractivity contribution is -0.157. The van der Waals surface area contributed by atoms with Crippen LogP contribution in [-0.2, 0) is 14.3 Å². The molecule has 0 spiro atoms. The SMILES string of the molecule is Cc1nccc(-c2cccc(C(C=O)C(=O)OC(C)(C)C)c2)c1C. The number of ether oxygens (including phenoxy) is 1. The van der Waals surface area contributed by atoms with E-state index in [0.29, 0.717) is 11.8 Å². The van der Waals surface area contributed by atoms with Crippen LogP contribution in [-0.4, -0.2) is 22.8 Å². The molecule has 1 aromatic carbocycles. The van der Waals surface area contributed by atoms with Gasteiger partial charge in [-0.2, -0.15) is 0 Å². The molecule has 4 nitrogen and oxygen atoms in total. The Labute approximate surface area is 142 Å². The molecule has 0 saturated heterocycles. The van der Waals surface area contributed by atoms with Crippen LogP contribution in [0.3, 0.4) is 0 Å². The number of rotatable bonds is 4. The highest BCUT2D eigenvalue weighted by atomic mass is 16.6. The second kappa shape index (κ2) is 6.95. The van der Waals surface area contributed by atoms with E-state index in [1.165, 1.54) is 0 Å².